The quantitative estimate of drug-likeness (QED) is 0.590. The second kappa shape index (κ2) is 4.83. The van der Waals surface area contributed by atoms with Gasteiger partial charge in [0.15, 0.2) is 5.78 Å². The minimum absolute atomic E-state index is 0.0198. The van der Waals surface area contributed by atoms with Gasteiger partial charge in [0.05, 0.1) is 7.11 Å². The normalized spacial score (nSPS) is 10.9. The summed E-state index contributed by atoms with van der Waals surface area (Å²) in [6.45, 7) is 1.84. The van der Waals surface area contributed by atoms with Crippen LogP contribution in [0, 0.1) is 0 Å². The Morgan fingerprint density at radius 1 is 1.12 bits per heavy atom. The SMILES string of the molecule is C/C=C/C(=O)c1ccc(OC)c2ccccc12. The van der Waals surface area contributed by atoms with Gasteiger partial charge in [-0.3, -0.25) is 4.79 Å². The van der Waals surface area contributed by atoms with Crippen LogP contribution in [0.4, 0.5) is 0 Å². The fourth-order valence-electron chi connectivity index (χ4n) is 1.91. The number of methoxy groups -OCH3 is 1. The molecule has 0 aromatic heterocycles. The van der Waals surface area contributed by atoms with E-state index in [0.717, 1.165) is 16.5 Å². The van der Waals surface area contributed by atoms with Crippen LogP contribution in [0.5, 0.6) is 5.75 Å². The Morgan fingerprint density at radius 3 is 2.47 bits per heavy atom. The lowest BCUT2D eigenvalue weighted by Gasteiger charge is -2.08. The third-order valence-corrected chi connectivity index (χ3v) is 2.69. The van der Waals surface area contributed by atoms with E-state index in [2.05, 4.69) is 0 Å². The highest BCUT2D eigenvalue weighted by atomic mass is 16.5. The Morgan fingerprint density at radius 2 is 1.82 bits per heavy atom. The summed E-state index contributed by atoms with van der Waals surface area (Å²) in [5, 5.41) is 1.89. The summed E-state index contributed by atoms with van der Waals surface area (Å²) in [4.78, 5) is 11.9. The van der Waals surface area contributed by atoms with Crippen LogP contribution >= 0.6 is 0 Å². The lowest BCUT2D eigenvalue weighted by molar-refractivity contribution is 0.104. The molecule has 2 nitrogen and oxygen atoms in total. The highest BCUT2D eigenvalue weighted by Gasteiger charge is 2.09. The van der Waals surface area contributed by atoms with Crippen LogP contribution < -0.4 is 4.74 Å². The van der Waals surface area contributed by atoms with E-state index in [1.165, 1.54) is 0 Å². The summed E-state index contributed by atoms with van der Waals surface area (Å²) in [6, 6.07) is 11.4. The van der Waals surface area contributed by atoms with Crippen molar-refractivity contribution in [3.63, 3.8) is 0 Å². The first-order valence-corrected chi connectivity index (χ1v) is 5.50. The van der Waals surface area contributed by atoms with Gasteiger partial charge in [0.25, 0.3) is 0 Å². The number of ketones is 1. The highest BCUT2D eigenvalue weighted by molar-refractivity contribution is 6.14. The number of rotatable bonds is 3. The predicted octanol–water partition coefficient (Wildman–Crippen LogP) is 3.61. The van der Waals surface area contributed by atoms with Crippen molar-refractivity contribution in [1.82, 2.24) is 0 Å². The maximum Gasteiger partial charge on any atom is 0.186 e. The standard InChI is InChI=1S/C15H14O2/c1-3-6-14(16)12-9-10-15(17-2)13-8-5-4-7-11(12)13/h3-10H,1-2H3/b6-3+. The maximum absolute atomic E-state index is 11.9. The van der Waals surface area contributed by atoms with Crippen molar-refractivity contribution in [2.24, 2.45) is 0 Å². The van der Waals surface area contributed by atoms with Crippen molar-refractivity contribution < 1.29 is 9.53 Å². The van der Waals surface area contributed by atoms with E-state index >= 15 is 0 Å². The molecule has 17 heavy (non-hydrogen) atoms. The number of hydrogen-bond acceptors (Lipinski definition) is 2. The molecule has 2 rings (SSSR count). The summed E-state index contributed by atoms with van der Waals surface area (Å²) < 4.78 is 5.29. The molecule has 0 heterocycles. The number of allylic oxidation sites excluding steroid dienone is 2. The third kappa shape index (κ3) is 2.07. The summed E-state index contributed by atoms with van der Waals surface area (Å²) in [7, 11) is 1.63. The van der Waals surface area contributed by atoms with Crippen molar-refractivity contribution in [2.75, 3.05) is 7.11 Å². The van der Waals surface area contributed by atoms with Gasteiger partial charge in [-0.25, -0.2) is 0 Å². The molecular weight excluding hydrogens is 212 g/mol. The highest BCUT2D eigenvalue weighted by Crippen LogP contribution is 2.28. The third-order valence-electron chi connectivity index (χ3n) is 2.69. The summed E-state index contributed by atoms with van der Waals surface area (Å²) in [6.07, 6.45) is 3.33. The van der Waals surface area contributed by atoms with Gasteiger partial charge in [0.1, 0.15) is 5.75 Å². The molecule has 0 saturated heterocycles. The molecule has 0 spiro atoms. The van der Waals surface area contributed by atoms with Crippen LogP contribution in [0.2, 0.25) is 0 Å². The first-order chi connectivity index (χ1) is 8.27. The topological polar surface area (TPSA) is 26.3 Å². The first-order valence-electron chi connectivity index (χ1n) is 5.50. The molecule has 0 unspecified atom stereocenters. The number of carbonyl (C=O) groups is 1. The molecule has 86 valence electrons. The van der Waals surface area contributed by atoms with Crippen LogP contribution in [0.3, 0.4) is 0 Å². The number of carbonyl (C=O) groups excluding carboxylic acids is 1. The average molecular weight is 226 g/mol. The van der Waals surface area contributed by atoms with E-state index in [-0.39, 0.29) is 5.78 Å². The molecule has 2 aromatic rings. The monoisotopic (exact) mass is 226 g/mol. The molecule has 0 bridgehead atoms. The smallest absolute Gasteiger partial charge is 0.186 e. The van der Waals surface area contributed by atoms with Gasteiger partial charge >= 0.3 is 0 Å². The Kier molecular flexibility index (Phi) is 3.24. The second-order valence-corrected chi connectivity index (χ2v) is 3.73. The lowest BCUT2D eigenvalue weighted by atomic mass is 10.0. The Bertz CT molecular complexity index is 582. The van der Waals surface area contributed by atoms with Gasteiger partial charge in [-0.2, -0.15) is 0 Å². The summed E-state index contributed by atoms with van der Waals surface area (Å²) >= 11 is 0. The van der Waals surface area contributed by atoms with E-state index in [0.29, 0.717) is 5.56 Å². The average Bonchev–Trinajstić information content (AvgIpc) is 2.37. The first kappa shape index (κ1) is 11.4. The van der Waals surface area contributed by atoms with E-state index in [1.54, 1.807) is 19.3 Å². The van der Waals surface area contributed by atoms with Gasteiger partial charge in [0.2, 0.25) is 0 Å². The predicted molar refractivity (Wildman–Crippen MR) is 69.6 cm³/mol. The fourth-order valence-corrected chi connectivity index (χ4v) is 1.91. The van der Waals surface area contributed by atoms with Gasteiger partial charge in [-0.1, -0.05) is 30.3 Å². The molecule has 0 aliphatic heterocycles. The minimum Gasteiger partial charge on any atom is -0.496 e. The molecule has 0 amide bonds. The zero-order valence-electron chi connectivity index (χ0n) is 9.94. The van der Waals surface area contributed by atoms with Crippen molar-refractivity contribution in [2.45, 2.75) is 6.92 Å². The van der Waals surface area contributed by atoms with E-state index in [4.69, 9.17) is 4.74 Å². The lowest BCUT2D eigenvalue weighted by Crippen LogP contribution is -1.96. The van der Waals surface area contributed by atoms with E-state index < -0.39 is 0 Å². The molecule has 0 aliphatic rings. The van der Waals surface area contributed by atoms with Crippen molar-refractivity contribution in [3.8, 4) is 5.75 Å². The van der Waals surface area contributed by atoms with Gasteiger partial charge in [-0.15, -0.1) is 0 Å². The van der Waals surface area contributed by atoms with Crippen LogP contribution in [-0.2, 0) is 0 Å². The van der Waals surface area contributed by atoms with Crippen LogP contribution in [-0.4, -0.2) is 12.9 Å². The molecule has 2 aromatic carbocycles. The number of benzene rings is 2. The Labute approximate surface area is 101 Å². The van der Waals surface area contributed by atoms with E-state index in [1.807, 2.05) is 43.3 Å². The van der Waals surface area contributed by atoms with Gasteiger partial charge in [0, 0.05) is 10.9 Å². The maximum atomic E-state index is 11.9. The molecule has 0 N–H and O–H groups in total. The molecule has 0 saturated carbocycles. The van der Waals surface area contributed by atoms with Crippen molar-refractivity contribution in [1.29, 1.82) is 0 Å². The fraction of sp³-hybridized carbons (Fsp3) is 0.133. The largest absolute Gasteiger partial charge is 0.496 e. The zero-order valence-corrected chi connectivity index (χ0v) is 9.94. The van der Waals surface area contributed by atoms with Gasteiger partial charge < -0.3 is 4.74 Å². The molecular formula is C15H14O2. The van der Waals surface area contributed by atoms with Crippen LogP contribution in [0.1, 0.15) is 17.3 Å². The van der Waals surface area contributed by atoms with E-state index in [9.17, 15) is 4.79 Å². The number of fused-ring (bicyclic) bond motifs is 1. The Hall–Kier alpha value is -2.09. The van der Waals surface area contributed by atoms with Crippen molar-refractivity contribution in [3.05, 3.63) is 54.1 Å². The molecule has 0 aliphatic carbocycles. The second-order valence-electron chi connectivity index (χ2n) is 3.73. The molecule has 0 radical (unpaired) electrons. The number of hydrogen-bond donors (Lipinski definition) is 0. The zero-order chi connectivity index (χ0) is 12.3. The van der Waals surface area contributed by atoms with Crippen LogP contribution in [0.15, 0.2) is 48.6 Å². The Balaban J connectivity index is 2.70. The van der Waals surface area contributed by atoms with Crippen LogP contribution in [0.25, 0.3) is 10.8 Å². The number of ether oxygens (including phenoxy) is 1. The molecule has 0 fully saturated rings. The van der Waals surface area contributed by atoms with Crippen molar-refractivity contribution >= 4 is 16.6 Å². The summed E-state index contributed by atoms with van der Waals surface area (Å²) in [5.41, 5.74) is 0.708. The molecule has 2 heteroatoms. The summed E-state index contributed by atoms with van der Waals surface area (Å²) in [5.74, 6) is 0.809. The minimum atomic E-state index is 0.0198. The van der Waals surface area contributed by atoms with Gasteiger partial charge in [-0.05, 0) is 30.5 Å². The molecule has 0 atom stereocenters.